The third-order valence-corrected chi connectivity index (χ3v) is 3.54. The van der Waals surface area contributed by atoms with Gasteiger partial charge in [0.2, 0.25) is 5.91 Å². The van der Waals surface area contributed by atoms with E-state index in [0.717, 1.165) is 0 Å². The van der Waals surface area contributed by atoms with Gasteiger partial charge in [-0.25, -0.2) is 4.79 Å². The van der Waals surface area contributed by atoms with Crippen molar-refractivity contribution in [1.29, 1.82) is 0 Å². The normalized spacial score (nSPS) is 24.4. The standard InChI is InChI=1S/C15H28N2O4/c1-6-13(19)17-8-11(10(2)18)7-12(9-17)16-14(20)21-15(3,4)5/h10-12,18H,6-9H2,1-5H3,(H,16,20). The fraction of sp³-hybridized carbons (Fsp3) is 0.867. The molecule has 0 aliphatic carbocycles. The second kappa shape index (κ2) is 7.11. The van der Waals surface area contributed by atoms with Crippen LogP contribution in [0.25, 0.3) is 0 Å². The average molecular weight is 300 g/mol. The van der Waals surface area contributed by atoms with Crippen molar-refractivity contribution in [1.82, 2.24) is 10.2 Å². The minimum atomic E-state index is -0.554. The molecular formula is C15H28N2O4. The van der Waals surface area contributed by atoms with E-state index in [1.807, 2.05) is 6.92 Å². The highest BCUT2D eigenvalue weighted by atomic mass is 16.6. The van der Waals surface area contributed by atoms with E-state index in [1.54, 1.807) is 32.6 Å². The average Bonchev–Trinajstić information content (AvgIpc) is 2.34. The lowest BCUT2D eigenvalue weighted by molar-refractivity contribution is -0.134. The molecule has 0 spiro atoms. The molecule has 6 nitrogen and oxygen atoms in total. The van der Waals surface area contributed by atoms with Crippen molar-refractivity contribution in [2.45, 2.75) is 65.2 Å². The maximum Gasteiger partial charge on any atom is 0.407 e. The smallest absolute Gasteiger partial charge is 0.407 e. The van der Waals surface area contributed by atoms with Gasteiger partial charge in [0.1, 0.15) is 5.60 Å². The molecule has 2 N–H and O–H groups in total. The van der Waals surface area contributed by atoms with Crippen molar-refractivity contribution in [3.63, 3.8) is 0 Å². The number of amides is 2. The van der Waals surface area contributed by atoms with E-state index < -0.39 is 17.8 Å². The van der Waals surface area contributed by atoms with E-state index in [2.05, 4.69) is 5.32 Å². The number of nitrogens with one attached hydrogen (secondary N) is 1. The quantitative estimate of drug-likeness (QED) is 0.828. The molecule has 21 heavy (non-hydrogen) atoms. The third-order valence-electron chi connectivity index (χ3n) is 3.54. The topological polar surface area (TPSA) is 78.9 Å². The highest BCUT2D eigenvalue weighted by molar-refractivity contribution is 5.76. The fourth-order valence-electron chi connectivity index (χ4n) is 2.49. The van der Waals surface area contributed by atoms with Crippen LogP contribution in [0.4, 0.5) is 4.79 Å². The zero-order chi connectivity index (χ0) is 16.2. The Balaban J connectivity index is 2.67. The van der Waals surface area contributed by atoms with Crippen LogP contribution < -0.4 is 5.32 Å². The summed E-state index contributed by atoms with van der Waals surface area (Å²) in [6, 6.07) is -0.191. The molecule has 1 rings (SSSR count). The molecule has 0 aromatic rings. The second-order valence-electron chi connectivity index (χ2n) is 6.73. The van der Waals surface area contributed by atoms with E-state index in [9.17, 15) is 14.7 Å². The van der Waals surface area contributed by atoms with Crippen LogP contribution in [-0.2, 0) is 9.53 Å². The van der Waals surface area contributed by atoms with Gasteiger partial charge in [0, 0.05) is 25.4 Å². The summed E-state index contributed by atoms with van der Waals surface area (Å²) in [6.45, 7) is 9.95. The molecular weight excluding hydrogens is 272 g/mol. The van der Waals surface area contributed by atoms with Gasteiger partial charge in [-0.2, -0.15) is 0 Å². The Morgan fingerprint density at radius 1 is 1.38 bits per heavy atom. The summed E-state index contributed by atoms with van der Waals surface area (Å²) in [5.74, 6) is 0.00512. The van der Waals surface area contributed by atoms with Crippen molar-refractivity contribution >= 4 is 12.0 Å². The van der Waals surface area contributed by atoms with Crippen LogP contribution in [0.5, 0.6) is 0 Å². The minimum absolute atomic E-state index is 0.0332. The van der Waals surface area contributed by atoms with Crippen LogP contribution in [0.3, 0.4) is 0 Å². The van der Waals surface area contributed by atoms with E-state index in [4.69, 9.17) is 4.74 Å². The number of hydrogen-bond donors (Lipinski definition) is 2. The molecule has 1 heterocycles. The van der Waals surface area contributed by atoms with Crippen LogP contribution in [-0.4, -0.2) is 52.8 Å². The summed E-state index contributed by atoms with van der Waals surface area (Å²) in [5, 5.41) is 12.6. The van der Waals surface area contributed by atoms with Crippen molar-refractivity contribution in [3.8, 4) is 0 Å². The monoisotopic (exact) mass is 300 g/mol. The second-order valence-corrected chi connectivity index (χ2v) is 6.73. The largest absolute Gasteiger partial charge is 0.444 e. The Hall–Kier alpha value is -1.30. The van der Waals surface area contributed by atoms with Crippen LogP contribution in [0, 0.1) is 5.92 Å². The van der Waals surface area contributed by atoms with E-state index in [0.29, 0.717) is 25.9 Å². The predicted octanol–water partition coefficient (Wildman–Crippen LogP) is 1.52. The molecule has 122 valence electrons. The SMILES string of the molecule is CCC(=O)N1CC(NC(=O)OC(C)(C)C)CC(C(C)O)C1. The first-order valence-electron chi connectivity index (χ1n) is 7.57. The van der Waals surface area contributed by atoms with Gasteiger partial charge in [-0.15, -0.1) is 0 Å². The van der Waals surface area contributed by atoms with Gasteiger partial charge in [-0.05, 0) is 34.1 Å². The highest BCUT2D eigenvalue weighted by Gasteiger charge is 2.33. The van der Waals surface area contributed by atoms with Crippen LogP contribution >= 0.6 is 0 Å². The summed E-state index contributed by atoms with van der Waals surface area (Å²) in [4.78, 5) is 25.5. The van der Waals surface area contributed by atoms with Gasteiger partial charge in [-0.1, -0.05) is 6.92 Å². The molecule has 0 radical (unpaired) electrons. The molecule has 6 heteroatoms. The first-order valence-corrected chi connectivity index (χ1v) is 7.57. The Morgan fingerprint density at radius 2 is 2.00 bits per heavy atom. The minimum Gasteiger partial charge on any atom is -0.444 e. The summed E-state index contributed by atoms with van der Waals surface area (Å²) < 4.78 is 5.24. The zero-order valence-corrected chi connectivity index (χ0v) is 13.7. The molecule has 0 saturated carbocycles. The van der Waals surface area contributed by atoms with Crippen molar-refractivity contribution < 1.29 is 19.4 Å². The molecule has 3 unspecified atom stereocenters. The first-order chi connectivity index (χ1) is 9.62. The highest BCUT2D eigenvalue weighted by Crippen LogP contribution is 2.21. The van der Waals surface area contributed by atoms with E-state index in [1.165, 1.54) is 0 Å². The Kier molecular flexibility index (Phi) is 6.01. The lowest BCUT2D eigenvalue weighted by Gasteiger charge is -2.39. The molecule has 1 aliphatic rings. The number of piperidine rings is 1. The molecule has 1 aliphatic heterocycles. The number of rotatable bonds is 3. The summed E-state index contributed by atoms with van der Waals surface area (Å²) in [7, 11) is 0. The Bertz CT molecular complexity index is 376. The van der Waals surface area contributed by atoms with Crippen molar-refractivity contribution in [2.75, 3.05) is 13.1 Å². The lowest BCUT2D eigenvalue weighted by Crippen LogP contribution is -2.54. The maximum absolute atomic E-state index is 11.9. The number of ether oxygens (including phenoxy) is 1. The van der Waals surface area contributed by atoms with Crippen molar-refractivity contribution in [3.05, 3.63) is 0 Å². The van der Waals surface area contributed by atoms with Crippen molar-refractivity contribution in [2.24, 2.45) is 5.92 Å². The number of hydrogen-bond acceptors (Lipinski definition) is 4. The Labute approximate surface area is 126 Å². The number of alkyl carbamates (subject to hydrolysis) is 1. The molecule has 1 fully saturated rings. The van der Waals surface area contributed by atoms with Gasteiger partial charge in [0.05, 0.1) is 12.1 Å². The molecule has 0 aromatic carbocycles. The number of likely N-dealkylation sites (tertiary alicyclic amines) is 1. The van der Waals surface area contributed by atoms with Gasteiger partial charge >= 0.3 is 6.09 Å². The van der Waals surface area contributed by atoms with Gasteiger partial charge < -0.3 is 20.1 Å². The maximum atomic E-state index is 11.9. The first kappa shape index (κ1) is 17.8. The Morgan fingerprint density at radius 3 is 2.48 bits per heavy atom. The van der Waals surface area contributed by atoms with Gasteiger partial charge in [0.25, 0.3) is 0 Å². The molecule has 0 aromatic heterocycles. The summed E-state index contributed by atoms with van der Waals surface area (Å²) >= 11 is 0. The number of carbonyl (C=O) groups excluding carboxylic acids is 2. The number of aliphatic hydroxyl groups excluding tert-OH is 1. The summed E-state index contributed by atoms with van der Waals surface area (Å²) in [5.41, 5.74) is -0.554. The number of carbonyl (C=O) groups is 2. The summed E-state index contributed by atoms with van der Waals surface area (Å²) in [6.07, 6.45) is 0.0684. The van der Waals surface area contributed by atoms with Gasteiger partial charge in [0.15, 0.2) is 0 Å². The van der Waals surface area contributed by atoms with Gasteiger partial charge in [-0.3, -0.25) is 4.79 Å². The zero-order valence-electron chi connectivity index (χ0n) is 13.7. The van der Waals surface area contributed by atoms with E-state index >= 15 is 0 Å². The lowest BCUT2D eigenvalue weighted by atomic mass is 9.90. The van der Waals surface area contributed by atoms with Crippen LogP contribution in [0.1, 0.15) is 47.5 Å². The van der Waals surface area contributed by atoms with E-state index in [-0.39, 0.29) is 17.9 Å². The molecule has 1 saturated heterocycles. The fourth-order valence-corrected chi connectivity index (χ4v) is 2.49. The predicted molar refractivity (Wildman–Crippen MR) is 79.8 cm³/mol. The molecule has 0 bridgehead atoms. The van der Waals surface area contributed by atoms with Crippen LogP contribution in [0.15, 0.2) is 0 Å². The molecule has 2 amide bonds. The van der Waals surface area contributed by atoms with Crippen LogP contribution in [0.2, 0.25) is 0 Å². The number of nitrogens with zero attached hydrogens (tertiary/aromatic N) is 1. The number of aliphatic hydroxyl groups is 1. The third kappa shape index (κ3) is 5.91. The molecule has 3 atom stereocenters.